The first kappa shape index (κ1) is 16.0. The predicted octanol–water partition coefficient (Wildman–Crippen LogP) is 2.78. The van der Waals surface area contributed by atoms with Gasteiger partial charge in [0.25, 0.3) is 0 Å². The average molecular weight is 324 g/mol. The number of anilines is 1. The zero-order valence-corrected chi connectivity index (χ0v) is 14.1. The number of hydrogen-bond acceptors (Lipinski definition) is 4. The molecule has 0 unspecified atom stereocenters. The molecule has 0 fully saturated rings. The Morgan fingerprint density at radius 3 is 2.57 bits per heavy atom. The minimum absolute atomic E-state index is 0.303. The Bertz CT molecular complexity index is 736. The molecule has 2 aromatic rings. The fraction of sp³-hybridized carbons (Fsp3) is 0.333. The summed E-state index contributed by atoms with van der Waals surface area (Å²) in [5, 5.41) is 1.98. The van der Waals surface area contributed by atoms with Gasteiger partial charge < -0.3 is 5.73 Å². The molecule has 114 valence electrons. The molecule has 2 rings (SSSR count). The van der Waals surface area contributed by atoms with Gasteiger partial charge in [-0.3, -0.25) is 0 Å². The lowest BCUT2D eigenvalue weighted by molar-refractivity contribution is 0.580. The number of hydrogen-bond donors (Lipinski definition) is 2. The van der Waals surface area contributed by atoms with E-state index < -0.39 is 10.0 Å². The highest BCUT2D eigenvalue weighted by atomic mass is 32.2. The van der Waals surface area contributed by atoms with Crippen molar-refractivity contribution in [2.75, 3.05) is 12.3 Å². The first-order chi connectivity index (χ1) is 9.83. The van der Waals surface area contributed by atoms with Crippen molar-refractivity contribution in [3.8, 4) is 0 Å². The van der Waals surface area contributed by atoms with Crippen LogP contribution in [-0.4, -0.2) is 15.0 Å². The number of nitrogen functional groups attached to an aromatic ring is 1. The van der Waals surface area contributed by atoms with Crippen molar-refractivity contribution in [2.45, 2.75) is 32.1 Å². The quantitative estimate of drug-likeness (QED) is 0.831. The zero-order valence-electron chi connectivity index (χ0n) is 12.4. The molecule has 0 bridgehead atoms. The average Bonchev–Trinajstić information content (AvgIpc) is 2.88. The largest absolute Gasteiger partial charge is 0.398 e. The van der Waals surface area contributed by atoms with E-state index >= 15 is 0 Å². The maximum atomic E-state index is 12.5. The van der Waals surface area contributed by atoms with Gasteiger partial charge in [-0.05, 0) is 55.3 Å². The Morgan fingerprint density at radius 1 is 1.24 bits per heavy atom. The topological polar surface area (TPSA) is 72.2 Å². The van der Waals surface area contributed by atoms with Crippen LogP contribution in [0.25, 0.3) is 0 Å². The van der Waals surface area contributed by atoms with Gasteiger partial charge in [0.1, 0.15) is 0 Å². The molecule has 0 radical (unpaired) electrons. The molecule has 1 aromatic carbocycles. The van der Waals surface area contributed by atoms with E-state index in [0.717, 1.165) is 16.0 Å². The summed E-state index contributed by atoms with van der Waals surface area (Å²) in [5.74, 6) is 0. The van der Waals surface area contributed by atoms with E-state index in [9.17, 15) is 8.42 Å². The van der Waals surface area contributed by atoms with E-state index in [1.807, 2.05) is 30.5 Å². The normalized spacial score (nSPS) is 11.8. The summed E-state index contributed by atoms with van der Waals surface area (Å²) in [6.45, 7) is 5.82. The van der Waals surface area contributed by atoms with Gasteiger partial charge in [0.05, 0.1) is 4.90 Å². The van der Waals surface area contributed by atoms with Crippen molar-refractivity contribution >= 4 is 27.0 Å². The fourth-order valence-corrected chi connectivity index (χ4v) is 4.65. The Kier molecular flexibility index (Phi) is 4.70. The lowest BCUT2D eigenvalue weighted by Crippen LogP contribution is -2.27. The molecule has 21 heavy (non-hydrogen) atoms. The second-order valence-electron chi connectivity index (χ2n) is 5.11. The number of thiophene rings is 1. The van der Waals surface area contributed by atoms with Crippen LogP contribution in [0.4, 0.5) is 5.69 Å². The smallest absolute Gasteiger partial charge is 0.241 e. The summed E-state index contributed by atoms with van der Waals surface area (Å²) in [5.41, 5.74) is 8.76. The number of benzene rings is 1. The van der Waals surface area contributed by atoms with Crippen molar-refractivity contribution in [2.24, 2.45) is 0 Å². The summed E-state index contributed by atoms with van der Waals surface area (Å²) in [7, 11) is -3.54. The second-order valence-corrected chi connectivity index (χ2v) is 7.84. The number of sulfonamides is 1. The van der Waals surface area contributed by atoms with E-state index in [4.69, 9.17) is 5.73 Å². The highest BCUT2D eigenvalue weighted by molar-refractivity contribution is 7.89. The lowest BCUT2D eigenvalue weighted by Gasteiger charge is -2.15. The molecule has 1 heterocycles. The summed E-state index contributed by atoms with van der Waals surface area (Å²) >= 11 is 1.63. The van der Waals surface area contributed by atoms with Gasteiger partial charge in [0.2, 0.25) is 10.0 Å². The van der Waals surface area contributed by atoms with E-state index in [0.29, 0.717) is 29.1 Å². The molecule has 3 N–H and O–H groups in total. The van der Waals surface area contributed by atoms with Gasteiger partial charge in [-0.25, -0.2) is 13.1 Å². The number of rotatable bonds is 5. The van der Waals surface area contributed by atoms with E-state index in [1.165, 1.54) is 0 Å². The molecule has 1 aromatic heterocycles. The number of nitrogens with two attached hydrogens (primary N) is 1. The molecule has 0 aliphatic heterocycles. The Balaban J connectivity index is 2.22. The van der Waals surface area contributed by atoms with Crippen LogP contribution >= 0.6 is 11.3 Å². The first-order valence-corrected chi connectivity index (χ1v) is 9.07. The van der Waals surface area contributed by atoms with E-state index in [2.05, 4.69) is 4.72 Å². The van der Waals surface area contributed by atoms with Crippen LogP contribution in [0.1, 0.15) is 21.6 Å². The van der Waals surface area contributed by atoms with E-state index in [1.54, 1.807) is 25.2 Å². The molecule has 0 aliphatic carbocycles. The van der Waals surface area contributed by atoms with Gasteiger partial charge in [-0.2, -0.15) is 0 Å². The third kappa shape index (κ3) is 3.45. The Labute approximate surface area is 130 Å². The molecule has 4 nitrogen and oxygen atoms in total. The van der Waals surface area contributed by atoms with Gasteiger partial charge in [0, 0.05) is 17.1 Å². The minimum Gasteiger partial charge on any atom is -0.398 e. The molecule has 0 saturated carbocycles. The van der Waals surface area contributed by atoms with E-state index in [-0.39, 0.29) is 0 Å². The predicted molar refractivity (Wildman–Crippen MR) is 88.3 cm³/mol. The summed E-state index contributed by atoms with van der Waals surface area (Å²) < 4.78 is 27.7. The molecule has 0 spiro atoms. The Morgan fingerprint density at radius 2 is 1.95 bits per heavy atom. The van der Waals surface area contributed by atoms with Crippen LogP contribution in [0.3, 0.4) is 0 Å². The van der Waals surface area contributed by atoms with Gasteiger partial charge in [-0.15, -0.1) is 11.3 Å². The number of nitrogens with one attached hydrogen (secondary N) is 1. The van der Waals surface area contributed by atoms with Crippen molar-refractivity contribution in [3.05, 3.63) is 45.1 Å². The molecule has 6 heteroatoms. The summed E-state index contributed by atoms with van der Waals surface area (Å²) in [4.78, 5) is 1.46. The lowest BCUT2D eigenvalue weighted by atomic mass is 10.1. The third-order valence-electron chi connectivity index (χ3n) is 3.47. The fourth-order valence-electron chi connectivity index (χ4n) is 2.43. The van der Waals surface area contributed by atoms with Crippen LogP contribution in [0.5, 0.6) is 0 Å². The van der Waals surface area contributed by atoms with Crippen LogP contribution < -0.4 is 10.5 Å². The maximum Gasteiger partial charge on any atom is 0.241 e. The molecule has 0 saturated heterocycles. The van der Waals surface area contributed by atoms with Crippen molar-refractivity contribution in [1.82, 2.24) is 4.72 Å². The van der Waals surface area contributed by atoms with Gasteiger partial charge in [-0.1, -0.05) is 12.1 Å². The van der Waals surface area contributed by atoms with Crippen LogP contribution in [0, 0.1) is 20.8 Å². The molecular formula is C15H20N2O2S2. The molecule has 0 atom stereocenters. The van der Waals surface area contributed by atoms with Crippen molar-refractivity contribution in [3.63, 3.8) is 0 Å². The highest BCUT2D eigenvalue weighted by Gasteiger charge is 2.21. The maximum absolute atomic E-state index is 12.5. The van der Waals surface area contributed by atoms with Gasteiger partial charge >= 0.3 is 0 Å². The SMILES string of the molecule is Cc1cc(C)c(S(=O)(=O)NCCc2cccs2)c(C)c1N. The molecular weight excluding hydrogens is 304 g/mol. The Hall–Kier alpha value is -1.37. The van der Waals surface area contributed by atoms with Crippen LogP contribution in [-0.2, 0) is 16.4 Å². The molecule has 0 aliphatic rings. The van der Waals surface area contributed by atoms with Crippen molar-refractivity contribution < 1.29 is 8.42 Å². The molecule has 0 amide bonds. The first-order valence-electron chi connectivity index (χ1n) is 6.71. The van der Waals surface area contributed by atoms with Crippen LogP contribution in [0.15, 0.2) is 28.5 Å². The second kappa shape index (κ2) is 6.17. The van der Waals surface area contributed by atoms with Crippen molar-refractivity contribution in [1.29, 1.82) is 0 Å². The van der Waals surface area contributed by atoms with Gasteiger partial charge in [0.15, 0.2) is 0 Å². The van der Waals surface area contributed by atoms with Crippen LogP contribution in [0.2, 0.25) is 0 Å². The standard InChI is InChI=1S/C15H20N2O2S2/c1-10-9-11(2)15(12(3)14(10)16)21(18,19)17-7-6-13-5-4-8-20-13/h4-5,8-9,17H,6-7,16H2,1-3H3. The highest BCUT2D eigenvalue weighted by Crippen LogP contribution is 2.27. The minimum atomic E-state index is -3.54. The summed E-state index contributed by atoms with van der Waals surface area (Å²) in [6, 6.07) is 5.78. The summed E-state index contributed by atoms with van der Waals surface area (Å²) in [6.07, 6.45) is 0.691. The third-order valence-corrected chi connectivity index (χ3v) is 6.16. The monoisotopic (exact) mass is 324 g/mol. The zero-order chi connectivity index (χ0) is 15.6. The number of aryl methyl sites for hydroxylation is 2.